The molecule has 3 heteroatoms. The van der Waals surface area contributed by atoms with Gasteiger partial charge in [-0.15, -0.1) is 0 Å². The molecule has 1 aliphatic rings. The monoisotopic (exact) mass is 266 g/mol. The van der Waals surface area contributed by atoms with Crippen molar-refractivity contribution in [2.75, 3.05) is 0 Å². The van der Waals surface area contributed by atoms with Gasteiger partial charge < -0.3 is 5.32 Å². The summed E-state index contributed by atoms with van der Waals surface area (Å²) in [6.45, 7) is 2.08. The summed E-state index contributed by atoms with van der Waals surface area (Å²) >= 11 is 0. The number of rotatable bonds is 3. The van der Waals surface area contributed by atoms with Crippen LogP contribution in [0.15, 0.2) is 48.8 Å². The first-order valence-electron chi connectivity index (χ1n) is 6.98. The van der Waals surface area contributed by atoms with Crippen LogP contribution in [0.4, 0.5) is 0 Å². The molecule has 3 nitrogen and oxygen atoms in total. The highest BCUT2D eigenvalue weighted by atomic mass is 16.2. The van der Waals surface area contributed by atoms with E-state index in [1.165, 1.54) is 16.7 Å². The summed E-state index contributed by atoms with van der Waals surface area (Å²) < 4.78 is 0. The summed E-state index contributed by atoms with van der Waals surface area (Å²) in [5, 5.41) is 3.11. The second-order valence-electron chi connectivity index (χ2n) is 5.41. The fourth-order valence-corrected chi connectivity index (χ4v) is 2.96. The number of hydrogen-bond donors (Lipinski definition) is 1. The molecule has 1 aromatic heterocycles. The van der Waals surface area contributed by atoms with Crippen LogP contribution in [0.3, 0.4) is 0 Å². The highest BCUT2D eigenvalue weighted by Gasteiger charge is 2.34. The zero-order valence-corrected chi connectivity index (χ0v) is 11.5. The van der Waals surface area contributed by atoms with Gasteiger partial charge >= 0.3 is 0 Å². The molecule has 1 amide bonds. The van der Waals surface area contributed by atoms with Crippen LogP contribution in [0.5, 0.6) is 0 Å². The van der Waals surface area contributed by atoms with Gasteiger partial charge in [0.2, 0.25) is 5.91 Å². The fourth-order valence-electron chi connectivity index (χ4n) is 2.96. The lowest BCUT2D eigenvalue weighted by molar-refractivity contribution is -0.119. The van der Waals surface area contributed by atoms with E-state index in [-0.39, 0.29) is 17.9 Å². The molecule has 2 heterocycles. The van der Waals surface area contributed by atoms with Gasteiger partial charge in [-0.1, -0.05) is 30.3 Å². The standard InChI is InChI=1S/C17H18N2O/c1-12-7-8-18-11-15(12)14-10-17(20)19-16(14)9-13-5-3-2-4-6-13/h2-8,11,14,16H,9-10H2,1H3,(H,19,20). The van der Waals surface area contributed by atoms with E-state index in [0.717, 1.165) is 6.42 Å². The molecule has 1 saturated heterocycles. The van der Waals surface area contributed by atoms with E-state index in [4.69, 9.17) is 0 Å². The third-order valence-electron chi connectivity index (χ3n) is 4.01. The van der Waals surface area contributed by atoms with Crippen LogP contribution in [-0.4, -0.2) is 16.9 Å². The van der Waals surface area contributed by atoms with Crippen molar-refractivity contribution in [1.82, 2.24) is 10.3 Å². The maximum Gasteiger partial charge on any atom is 0.220 e. The molecule has 0 bridgehead atoms. The normalized spacial score (nSPS) is 21.8. The Kier molecular flexibility index (Phi) is 3.50. The smallest absolute Gasteiger partial charge is 0.220 e. The van der Waals surface area contributed by atoms with Crippen LogP contribution >= 0.6 is 0 Å². The van der Waals surface area contributed by atoms with Gasteiger partial charge in [-0.05, 0) is 36.1 Å². The Morgan fingerprint density at radius 1 is 1.25 bits per heavy atom. The van der Waals surface area contributed by atoms with Gasteiger partial charge in [-0.25, -0.2) is 0 Å². The predicted molar refractivity (Wildman–Crippen MR) is 78.4 cm³/mol. The molecule has 2 aromatic rings. The minimum atomic E-state index is 0.138. The molecular weight excluding hydrogens is 248 g/mol. The molecule has 1 N–H and O–H groups in total. The molecule has 0 saturated carbocycles. The predicted octanol–water partition coefficient (Wildman–Crippen LogP) is 2.60. The van der Waals surface area contributed by atoms with E-state index in [0.29, 0.717) is 6.42 Å². The summed E-state index contributed by atoms with van der Waals surface area (Å²) in [6.07, 6.45) is 5.13. The third-order valence-corrected chi connectivity index (χ3v) is 4.01. The number of amides is 1. The first kappa shape index (κ1) is 12.9. The van der Waals surface area contributed by atoms with Crippen LogP contribution in [-0.2, 0) is 11.2 Å². The Morgan fingerprint density at radius 2 is 2.05 bits per heavy atom. The number of pyridine rings is 1. The summed E-state index contributed by atoms with van der Waals surface area (Å²) in [5.41, 5.74) is 3.65. The lowest BCUT2D eigenvalue weighted by Gasteiger charge is -2.20. The molecule has 1 aromatic carbocycles. The van der Waals surface area contributed by atoms with Crippen LogP contribution < -0.4 is 5.32 Å². The minimum Gasteiger partial charge on any atom is -0.352 e. The van der Waals surface area contributed by atoms with Crippen LogP contribution in [0, 0.1) is 6.92 Å². The topological polar surface area (TPSA) is 42.0 Å². The molecule has 2 atom stereocenters. The number of aryl methyl sites for hydroxylation is 1. The molecule has 1 aliphatic heterocycles. The summed E-state index contributed by atoms with van der Waals surface area (Å²) in [7, 11) is 0. The molecule has 1 fully saturated rings. The lowest BCUT2D eigenvalue weighted by atomic mass is 9.87. The van der Waals surface area contributed by atoms with Crippen LogP contribution in [0.1, 0.15) is 29.0 Å². The van der Waals surface area contributed by atoms with Crippen molar-refractivity contribution in [3.8, 4) is 0 Å². The Balaban J connectivity index is 1.86. The zero-order chi connectivity index (χ0) is 13.9. The van der Waals surface area contributed by atoms with Gasteiger partial charge in [-0.2, -0.15) is 0 Å². The first-order valence-corrected chi connectivity index (χ1v) is 6.98. The van der Waals surface area contributed by atoms with Gasteiger partial charge in [0, 0.05) is 30.8 Å². The number of hydrogen-bond acceptors (Lipinski definition) is 2. The van der Waals surface area contributed by atoms with E-state index < -0.39 is 0 Å². The maximum atomic E-state index is 11.8. The van der Waals surface area contributed by atoms with Crippen LogP contribution in [0.2, 0.25) is 0 Å². The number of aromatic nitrogens is 1. The minimum absolute atomic E-state index is 0.138. The number of carbonyl (C=O) groups is 1. The van der Waals surface area contributed by atoms with Crippen molar-refractivity contribution in [1.29, 1.82) is 0 Å². The van der Waals surface area contributed by atoms with Gasteiger partial charge in [0.1, 0.15) is 0 Å². The summed E-state index contributed by atoms with van der Waals surface area (Å²) in [6, 6.07) is 12.5. The van der Waals surface area contributed by atoms with E-state index in [1.54, 1.807) is 6.20 Å². The Morgan fingerprint density at radius 3 is 2.80 bits per heavy atom. The molecule has 3 rings (SSSR count). The maximum absolute atomic E-state index is 11.8. The second kappa shape index (κ2) is 5.45. The van der Waals surface area contributed by atoms with Gasteiger partial charge in [0.25, 0.3) is 0 Å². The largest absolute Gasteiger partial charge is 0.352 e. The van der Waals surface area contributed by atoms with Gasteiger partial charge in [0.05, 0.1) is 0 Å². The molecule has 0 radical (unpaired) electrons. The molecule has 0 aliphatic carbocycles. The van der Waals surface area contributed by atoms with Gasteiger partial charge in [-0.3, -0.25) is 9.78 Å². The Hall–Kier alpha value is -2.16. The summed E-state index contributed by atoms with van der Waals surface area (Å²) in [4.78, 5) is 16.0. The third kappa shape index (κ3) is 2.57. The van der Waals surface area contributed by atoms with Crippen molar-refractivity contribution in [3.05, 3.63) is 65.5 Å². The number of nitrogens with one attached hydrogen (secondary N) is 1. The van der Waals surface area contributed by atoms with Crippen LogP contribution in [0.25, 0.3) is 0 Å². The van der Waals surface area contributed by atoms with Crippen molar-refractivity contribution >= 4 is 5.91 Å². The van der Waals surface area contributed by atoms with Crippen molar-refractivity contribution < 1.29 is 4.79 Å². The van der Waals surface area contributed by atoms with Crippen molar-refractivity contribution in [2.45, 2.75) is 31.7 Å². The van der Waals surface area contributed by atoms with Crippen molar-refractivity contribution in [2.24, 2.45) is 0 Å². The van der Waals surface area contributed by atoms with E-state index >= 15 is 0 Å². The fraction of sp³-hybridized carbons (Fsp3) is 0.294. The highest BCUT2D eigenvalue weighted by molar-refractivity contribution is 5.80. The highest BCUT2D eigenvalue weighted by Crippen LogP contribution is 2.31. The second-order valence-corrected chi connectivity index (χ2v) is 5.41. The molecule has 102 valence electrons. The van der Waals surface area contributed by atoms with E-state index in [9.17, 15) is 4.79 Å². The molecule has 2 unspecified atom stereocenters. The quantitative estimate of drug-likeness (QED) is 0.928. The number of benzene rings is 1. The average Bonchev–Trinajstić information content (AvgIpc) is 2.81. The molecular formula is C17H18N2O. The number of carbonyl (C=O) groups excluding carboxylic acids is 1. The zero-order valence-electron chi connectivity index (χ0n) is 11.5. The Labute approximate surface area is 119 Å². The first-order chi connectivity index (χ1) is 9.74. The Bertz CT molecular complexity index is 609. The number of nitrogens with zero attached hydrogens (tertiary/aromatic N) is 1. The molecule has 20 heavy (non-hydrogen) atoms. The van der Waals surface area contributed by atoms with Crippen molar-refractivity contribution in [3.63, 3.8) is 0 Å². The molecule has 0 spiro atoms. The van der Waals surface area contributed by atoms with E-state index in [1.807, 2.05) is 30.5 Å². The van der Waals surface area contributed by atoms with E-state index in [2.05, 4.69) is 29.4 Å². The SMILES string of the molecule is Cc1ccncc1C1CC(=O)NC1Cc1ccccc1. The lowest BCUT2D eigenvalue weighted by Crippen LogP contribution is -2.30. The van der Waals surface area contributed by atoms with Gasteiger partial charge in [0.15, 0.2) is 0 Å². The average molecular weight is 266 g/mol. The summed E-state index contributed by atoms with van der Waals surface area (Å²) in [5.74, 6) is 0.357.